The molecule has 0 aliphatic rings. The standard InChI is InChI=1S/C21H19FN6O2/c1-13-19(30)17(15(11-29)8-23-13)9-24-20-18-10-27-28(21(18)26-12-25-20)7-6-14-2-4-16(22)5-3-14/h2-8,10,12,29-30H,9,11H2,1H3,(H,24,25,26)/b7-6-. The molecule has 0 saturated heterocycles. The van der Waals surface area contributed by atoms with Crippen molar-refractivity contribution < 1.29 is 14.6 Å². The number of aromatic hydroxyl groups is 1. The fourth-order valence-electron chi connectivity index (χ4n) is 3.03. The largest absolute Gasteiger partial charge is 0.506 e. The van der Waals surface area contributed by atoms with Gasteiger partial charge in [-0.15, -0.1) is 0 Å². The number of aromatic nitrogens is 5. The third kappa shape index (κ3) is 3.83. The number of anilines is 1. The van der Waals surface area contributed by atoms with Gasteiger partial charge in [0.1, 0.15) is 23.7 Å². The van der Waals surface area contributed by atoms with E-state index in [1.807, 2.05) is 0 Å². The quantitative estimate of drug-likeness (QED) is 0.451. The molecule has 0 spiro atoms. The van der Waals surface area contributed by atoms with E-state index in [4.69, 9.17) is 0 Å². The maximum Gasteiger partial charge on any atom is 0.167 e. The number of nitrogens with zero attached hydrogens (tertiary/aromatic N) is 5. The molecule has 152 valence electrons. The van der Waals surface area contributed by atoms with Crippen molar-refractivity contribution in [3.63, 3.8) is 0 Å². The van der Waals surface area contributed by atoms with E-state index in [0.717, 1.165) is 5.56 Å². The molecule has 0 atom stereocenters. The van der Waals surface area contributed by atoms with E-state index in [2.05, 4.69) is 25.4 Å². The van der Waals surface area contributed by atoms with Gasteiger partial charge in [0.15, 0.2) is 5.65 Å². The first kappa shape index (κ1) is 19.5. The number of rotatable bonds is 6. The van der Waals surface area contributed by atoms with Crippen LogP contribution in [0.2, 0.25) is 0 Å². The van der Waals surface area contributed by atoms with Gasteiger partial charge < -0.3 is 15.5 Å². The molecule has 1 aromatic carbocycles. The summed E-state index contributed by atoms with van der Waals surface area (Å²) < 4.78 is 14.6. The van der Waals surface area contributed by atoms with Crippen molar-refractivity contribution >= 4 is 29.1 Å². The van der Waals surface area contributed by atoms with Crippen LogP contribution < -0.4 is 5.32 Å². The van der Waals surface area contributed by atoms with Gasteiger partial charge in [0.2, 0.25) is 0 Å². The minimum Gasteiger partial charge on any atom is -0.506 e. The molecule has 3 aromatic heterocycles. The number of pyridine rings is 1. The molecule has 0 radical (unpaired) electrons. The highest BCUT2D eigenvalue weighted by atomic mass is 19.1. The molecule has 3 heterocycles. The molecule has 30 heavy (non-hydrogen) atoms. The summed E-state index contributed by atoms with van der Waals surface area (Å²) in [5.74, 6) is 0.288. The van der Waals surface area contributed by atoms with Gasteiger partial charge in [0.25, 0.3) is 0 Å². The first-order chi connectivity index (χ1) is 14.6. The summed E-state index contributed by atoms with van der Waals surface area (Å²) in [5.41, 5.74) is 2.99. The number of hydrogen-bond acceptors (Lipinski definition) is 7. The molecule has 9 heteroatoms. The van der Waals surface area contributed by atoms with Crippen molar-refractivity contribution in [2.45, 2.75) is 20.1 Å². The van der Waals surface area contributed by atoms with Crippen molar-refractivity contribution in [3.05, 3.63) is 71.2 Å². The Bertz CT molecular complexity index is 1220. The SMILES string of the molecule is Cc1ncc(CO)c(CNc2ncnc3c2cnn3/C=C\c2ccc(F)cc2)c1O. The summed E-state index contributed by atoms with van der Waals surface area (Å²) in [6.07, 6.45) is 8.12. The molecular weight excluding hydrogens is 387 g/mol. The van der Waals surface area contributed by atoms with Crippen LogP contribution in [-0.4, -0.2) is 34.9 Å². The summed E-state index contributed by atoms with van der Waals surface area (Å²) in [5, 5.41) is 28.0. The first-order valence-electron chi connectivity index (χ1n) is 9.20. The Hall–Kier alpha value is -3.85. The van der Waals surface area contributed by atoms with Crippen molar-refractivity contribution in [1.29, 1.82) is 0 Å². The van der Waals surface area contributed by atoms with E-state index in [1.165, 1.54) is 18.5 Å². The third-order valence-electron chi connectivity index (χ3n) is 4.70. The molecule has 0 amide bonds. The summed E-state index contributed by atoms with van der Waals surface area (Å²) in [6, 6.07) is 6.12. The fourth-order valence-corrected chi connectivity index (χ4v) is 3.03. The van der Waals surface area contributed by atoms with Crippen LogP contribution in [0.1, 0.15) is 22.4 Å². The van der Waals surface area contributed by atoms with Gasteiger partial charge >= 0.3 is 0 Å². The molecule has 0 aliphatic carbocycles. The molecular formula is C21H19FN6O2. The van der Waals surface area contributed by atoms with E-state index in [0.29, 0.717) is 33.7 Å². The predicted octanol–water partition coefficient (Wildman–Crippen LogP) is 3.11. The van der Waals surface area contributed by atoms with E-state index >= 15 is 0 Å². The second-order valence-corrected chi connectivity index (χ2v) is 6.62. The first-order valence-corrected chi connectivity index (χ1v) is 9.20. The lowest BCUT2D eigenvalue weighted by Crippen LogP contribution is -2.07. The normalized spacial score (nSPS) is 11.4. The zero-order valence-electron chi connectivity index (χ0n) is 16.1. The number of aliphatic hydroxyl groups is 1. The van der Waals surface area contributed by atoms with Crippen LogP contribution in [0.15, 0.2) is 43.0 Å². The number of nitrogens with one attached hydrogen (secondary N) is 1. The zero-order chi connectivity index (χ0) is 21.1. The zero-order valence-corrected chi connectivity index (χ0v) is 16.1. The van der Waals surface area contributed by atoms with Gasteiger partial charge in [-0.3, -0.25) is 4.98 Å². The summed E-state index contributed by atoms with van der Waals surface area (Å²) in [6.45, 7) is 1.71. The topological polar surface area (TPSA) is 109 Å². The maximum atomic E-state index is 13.0. The second-order valence-electron chi connectivity index (χ2n) is 6.62. The van der Waals surface area contributed by atoms with E-state index in [9.17, 15) is 14.6 Å². The fraction of sp³-hybridized carbons (Fsp3) is 0.143. The Kier molecular flexibility index (Phi) is 5.36. The number of aliphatic hydroxyl groups excluding tert-OH is 1. The monoisotopic (exact) mass is 406 g/mol. The molecule has 0 bridgehead atoms. The number of fused-ring (bicyclic) bond motifs is 1. The van der Waals surface area contributed by atoms with Crippen LogP contribution >= 0.6 is 0 Å². The Morgan fingerprint density at radius 3 is 2.70 bits per heavy atom. The van der Waals surface area contributed by atoms with E-state index < -0.39 is 0 Å². The van der Waals surface area contributed by atoms with E-state index in [-0.39, 0.29) is 24.7 Å². The molecule has 0 aliphatic heterocycles. The maximum absolute atomic E-state index is 13.0. The van der Waals surface area contributed by atoms with Crippen LogP contribution in [0, 0.1) is 12.7 Å². The Morgan fingerprint density at radius 2 is 1.93 bits per heavy atom. The highest BCUT2D eigenvalue weighted by Gasteiger charge is 2.13. The van der Waals surface area contributed by atoms with Crippen molar-refractivity contribution in [1.82, 2.24) is 24.7 Å². The van der Waals surface area contributed by atoms with Crippen molar-refractivity contribution in [2.75, 3.05) is 5.32 Å². The van der Waals surface area contributed by atoms with Gasteiger partial charge in [-0.05, 0) is 30.7 Å². The van der Waals surface area contributed by atoms with Crippen LogP contribution in [0.3, 0.4) is 0 Å². The van der Waals surface area contributed by atoms with Gasteiger partial charge in [-0.25, -0.2) is 19.0 Å². The average molecular weight is 406 g/mol. The van der Waals surface area contributed by atoms with Gasteiger partial charge in [-0.1, -0.05) is 12.1 Å². The third-order valence-corrected chi connectivity index (χ3v) is 4.70. The van der Waals surface area contributed by atoms with Crippen LogP contribution in [0.5, 0.6) is 5.75 Å². The lowest BCUT2D eigenvalue weighted by atomic mass is 10.1. The lowest BCUT2D eigenvalue weighted by Gasteiger charge is -2.13. The molecule has 8 nitrogen and oxygen atoms in total. The number of halogens is 1. The molecule has 0 saturated carbocycles. The predicted molar refractivity (Wildman–Crippen MR) is 111 cm³/mol. The molecule has 3 N–H and O–H groups in total. The van der Waals surface area contributed by atoms with Crippen LogP contribution in [-0.2, 0) is 13.2 Å². The average Bonchev–Trinajstić information content (AvgIpc) is 3.18. The lowest BCUT2D eigenvalue weighted by molar-refractivity contribution is 0.279. The number of aryl methyl sites for hydroxylation is 1. The molecule has 4 aromatic rings. The van der Waals surface area contributed by atoms with Gasteiger partial charge in [0.05, 0.1) is 23.9 Å². The van der Waals surface area contributed by atoms with Gasteiger partial charge in [-0.2, -0.15) is 5.10 Å². The molecule has 0 fully saturated rings. The second kappa shape index (κ2) is 8.26. The Labute approximate surface area is 171 Å². The summed E-state index contributed by atoms with van der Waals surface area (Å²) >= 11 is 0. The summed E-state index contributed by atoms with van der Waals surface area (Å²) in [4.78, 5) is 12.6. The number of benzene rings is 1. The van der Waals surface area contributed by atoms with Crippen LogP contribution in [0.4, 0.5) is 10.2 Å². The summed E-state index contributed by atoms with van der Waals surface area (Å²) in [7, 11) is 0. The van der Waals surface area contributed by atoms with Crippen LogP contribution in [0.25, 0.3) is 23.3 Å². The van der Waals surface area contributed by atoms with E-state index in [1.54, 1.807) is 48.4 Å². The Balaban J connectivity index is 1.60. The molecule has 4 rings (SSSR count). The van der Waals surface area contributed by atoms with Gasteiger partial charge in [0, 0.05) is 30.1 Å². The number of hydrogen-bond donors (Lipinski definition) is 3. The van der Waals surface area contributed by atoms with Crippen molar-refractivity contribution in [3.8, 4) is 5.75 Å². The minimum absolute atomic E-state index is 0.0391. The molecule has 0 unspecified atom stereocenters. The minimum atomic E-state index is -0.292. The Morgan fingerprint density at radius 1 is 1.13 bits per heavy atom. The highest BCUT2D eigenvalue weighted by Crippen LogP contribution is 2.26. The van der Waals surface area contributed by atoms with Crippen molar-refractivity contribution in [2.24, 2.45) is 0 Å². The smallest absolute Gasteiger partial charge is 0.167 e. The highest BCUT2D eigenvalue weighted by molar-refractivity contribution is 5.87.